The average Bonchev–Trinajstić information content (AvgIpc) is 2.73. The zero-order valence-electron chi connectivity index (χ0n) is 15.7. The molecule has 29 heavy (non-hydrogen) atoms. The number of hydrogen-bond acceptors (Lipinski definition) is 4. The largest absolute Gasteiger partial charge is 0.325 e. The topological polar surface area (TPSA) is 79.4 Å². The van der Waals surface area contributed by atoms with Gasteiger partial charge in [0, 0.05) is 18.1 Å². The Morgan fingerprint density at radius 3 is 2.52 bits per heavy atom. The van der Waals surface area contributed by atoms with Gasteiger partial charge in [-0.2, -0.15) is 0 Å². The number of carbonyl (C=O) groups is 1. The van der Waals surface area contributed by atoms with Crippen LogP contribution in [-0.4, -0.2) is 25.9 Å². The average molecular weight is 413 g/mol. The van der Waals surface area contributed by atoms with Crippen molar-refractivity contribution in [2.75, 3.05) is 16.2 Å². The zero-order chi connectivity index (χ0) is 20.9. The molecule has 3 aromatic rings. The Kier molecular flexibility index (Phi) is 6.23. The molecule has 0 bridgehead atoms. The molecule has 2 aromatic carbocycles. The molecule has 150 valence electrons. The van der Waals surface area contributed by atoms with Gasteiger partial charge in [-0.25, -0.2) is 12.8 Å². The van der Waals surface area contributed by atoms with Crippen molar-refractivity contribution in [3.05, 3.63) is 84.4 Å². The molecule has 0 atom stereocenters. The van der Waals surface area contributed by atoms with Crippen molar-refractivity contribution in [1.29, 1.82) is 0 Å². The van der Waals surface area contributed by atoms with Gasteiger partial charge >= 0.3 is 0 Å². The van der Waals surface area contributed by atoms with Crippen molar-refractivity contribution in [3.8, 4) is 0 Å². The normalized spacial score (nSPS) is 11.1. The van der Waals surface area contributed by atoms with E-state index in [2.05, 4.69) is 10.3 Å². The van der Waals surface area contributed by atoms with Crippen molar-refractivity contribution in [2.45, 2.75) is 18.2 Å². The van der Waals surface area contributed by atoms with E-state index in [1.165, 1.54) is 36.7 Å². The first-order valence-electron chi connectivity index (χ1n) is 8.97. The molecule has 0 saturated carbocycles. The highest BCUT2D eigenvalue weighted by Gasteiger charge is 2.27. The maximum absolute atomic E-state index is 13.3. The maximum Gasteiger partial charge on any atom is 0.266 e. The van der Waals surface area contributed by atoms with Crippen LogP contribution in [0.3, 0.4) is 0 Å². The number of sulfonamides is 1. The van der Waals surface area contributed by atoms with Gasteiger partial charge in [0.05, 0.1) is 5.69 Å². The van der Waals surface area contributed by atoms with Gasteiger partial charge in [-0.1, -0.05) is 19.1 Å². The monoisotopic (exact) mass is 413 g/mol. The van der Waals surface area contributed by atoms with Crippen LogP contribution in [0, 0.1) is 5.82 Å². The number of benzene rings is 2. The third-order valence-electron chi connectivity index (χ3n) is 4.24. The third-order valence-corrected chi connectivity index (χ3v) is 6.00. The molecule has 1 heterocycles. The Morgan fingerprint density at radius 2 is 1.86 bits per heavy atom. The molecule has 0 fully saturated rings. The van der Waals surface area contributed by atoms with Crippen LogP contribution in [0.1, 0.15) is 12.5 Å². The Balaban J connectivity index is 1.91. The lowest BCUT2D eigenvalue weighted by Crippen LogP contribution is -2.38. The van der Waals surface area contributed by atoms with Crippen LogP contribution in [0.5, 0.6) is 0 Å². The first-order chi connectivity index (χ1) is 13.9. The van der Waals surface area contributed by atoms with E-state index in [0.29, 0.717) is 5.69 Å². The Morgan fingerprint density at radius 1 is 1.10 bits per heavy atom. The lowest BCUT2D eigenvalue weighted by Gasteiger charge is -2.24. The SMILES string of the molecule is CCc1cccc(NC(=O)CN(c2ccc(F)cc2)S(=O)(=O)c2cccnc2)c1. The van der Waals surface area contributed by atoms with Crippen LogP contribution >= 0.6 is 0 Å². The van der Waals surface area contributed by atoms with Gasteiger partial charge in [0.15, 0.2) is 0 Å². The quantitative estimate of drug-likeness (QED) is 0.642. The van der Waals surface area contributed by atoms with E-state index < -0.39 is 28.3 Å². The number of halogens is 1. The number of anilines is 2. The van der Waals surface area contributed by atoms with Gasteiger partial charge in [0.1, 0.15) is 17.3 Å². The highest BCUT2D eigenvalue weighted by molar-refractivity contribution is 7.92. The molecule has 0 saturated heterocycles. The highest BCUT2D eigenvalue weighted by Crippen LogP contribution is 2.23. The van der Waals surface area contributed by atoms with Gasteiger partial charge in [0.2, 0.25) is 5.91 Å². The molecule has 1 N–H and O–H groups in total. The predicted molar refractivity (Wildman–Crippen MR) is 110 cm³/mol. The number of nitrogens with one attached hydrogen (secondary N) is 1. The second-order valence-corrected chi connectivity index (χ2v) is 8.14. The number of nitrogens with zero attached hydrogens (tertiary/aromatic N) is 2. The maximum atomic E-state index is 13.3. The first kappa shape index (κ1) is 20.5. The summed E-state index contributed by atoms with van der Waals surface area (Å²) in [4.78, 5) is 16.4. The van der Waals surface area contributed by atoms with E-state index in [1.54, 1.807) is 6.07 Å². The molecule has 0 spiro atoms. The van der Waals surface area contributed by atoms with Crippen molar-refractivity contribution in [3.63, 3.8) is 0 Å². The van der Waals surface area contributed by atoms with Crippen LogP contribution < -0.4 is 9.62 Å². The highest BCUT2D eigenvalue weighted by atomic mass is 32.2. The summed E-state index contributed by atoms with van der Waals surface area (Å²) in [6.45, 7) is 1.52. The first-order valence-corrected chi connectivity index (χ1v) is 10.4. The summed E-state index contributed by atoms with van der Waals surface area (Å²) in [6, 6.07) is 15.1. The van der Waals surface area contributed by atoms with Gasteiger partial charge < -0.3 is 5.32 Å². The number of amides is 1. The smallest absolute Gasteiger partial charge is 0.266 e. The van der Waals surface area contributed by atoms with Gasteiger partial charge in [0.25, 0.3) is 10.0 Å². The lowest BCUT2D eigenvalue weighted by molar-refractivity contribution is -0.114. The van der Waals surface area contributed by atoms with Gasteiger partial charge in [-0.15, -0.1) is 0 Å². The number of aromatic nitrogens is 1. The van der Waals surface area contributed by atoms with Crippen molar-refractivity contribution >= 4 is 27.3 Å². The Hall–Kier alpha value is -3.26. The van der Waals surface area contributed by atoms with E-state index in [4.69, 9.17) is 0 Å². The zero-order valence-corrected chi connectivity index (χ0v) is 16.6. The fourth-order valence-electron chi connectivity index (χ4n) is 2.75. The van der Waals surface area contributed by atoms with E-state index in [1.807, 2.05) is 25.1 Å². The summed E-state index contributed by atoms with van der Waals surface area (Å²) in [6.07, 6.45) is 3.46. The van der Waals surface area contributed by atoms with Crippen LogP contribution in [0.25, 0.3) is 0 Å². The summed E-state index contributed by atoms with van der Waals surface area (Å²) in [7, 11) is -4.08. The van der Waals surface area contributed by atoms with E-state index in [9.17, 15) is 17.6 Å². The summed E-state index contributed by atoms with van der Waals surface area (Å²) >= 11 is 0. The Bertz CT molecular complexity index is 1090. The van der Waals surface area contributed by atoms with E-state index >= 15 is 0 Å². The summed E-state index contributed by atoms with van der Waals surface area (Å²) < 4.78 is 40.5. The summed E-state index contributed by atoms with van der Waals surface area (Å²) in [5, 5.41) is 2.72. The lowest BCUT2D eigenvalue weighted by atomic mass is 10.1. The van der Waals surface area contributed by atoms with Crippen LogP contribution in [-0.2, 0) is 21.2 Å². The second-order valence-electron chi connectivity index (χ2n) is 6.28. The molecule has 0 radical (unpaired) electrons. The third kappa shape index (κ3) is 4.97. The minimum atomic E-state index is -4.08. The molecule has 1 aromatic heterocycles. The molecule has 0 aliphatic rings. The molecular weight excluding hydrogens is 393 g/mol. The van der Waals surface area contributed by atoms with E-state index in [0.717, 1.165) is 28.4 Å². The number of carbonyl (C=O) groups excluding carboxylic acids is 1. The van der Waals surface area contributed by atoms with Crippen LogP contribution in [0.4, 0.5) is 15.8 Å². The molecule has 0 aliphatic heterocycles. The van der Waals surface area contributed by atoms with Crippen LogP contribution in [0.15, 0.2) is 78.0 Å². The minimum Gasteiger partial charge on any atom is -0.325 e. The number of aryl methyl sites for hydroxylation is 1. The van der Waals surface area contributed by atoms with Crippen molar-refractivity contribution in [1.82, 2.24) is 4.98 Å². The van der Waals surface area contributed by atoms with Gasteiger partial charge in [-0.3, -0.25) is 14.1 Å². The predicted octanol–water partition coefficient (Wildman–Crippen LogP) is 3.62. The van der Waals surface area contributed by atoms with Crippen molar-refractivity contribution < 1.29 is 17.6 Å². The molecule has 3 rings (SSSR count). The number of hydrogen-bond donors (Lipinski definition) is 1. The van der Waals surface area contributed by atoms with Gasteiger partial charge in [-0.05, 0) is 60.5 Å². The fourth-order valence-corrected chi connectivity index (χ4v) is 4.13. The molecule has 6 nitrogen and oxygen atoms in total. The number of pyridine rings is 1. The molecule has 0 aliphatic carbocycles. The standard InChI is InChI=1S/C21H20FN3O3S/c1-2-16-5-3-6-18(13-16)24-21(26)15-25(19-10-8-17(22)9-11-19)29(27,28)20-7-4-12-23-14-20/h3-14H,2,15H2,1H3,(H,24,26). The van der Waals surface area contributed by atoms with E-state index in [-0.39, 0.29) is 10.6 Å². The minimum absolute atomic E-state index is 0.0647. The molecule has 1 amide bonds. The fraction of sp³-hybridized carbons (Fsp3) is 0.143. The summed E-state index contributed by atoms with van der Waals surface area (Å²) in [5.41, 5.74) is 1.79. The second kappa shape index (κ2) is 8.83. The number of rotatable bonds is 7. The Labute approximate surface area is 169 Å². The summed E-state index contributed by atoms with van der Waals surface area (Å²) in [5.74, 6) is -1.02. The van der Waals surface area contributed by atoms with Crippen molar-refractivity contribution in [2.24, 2.45) is 0 Å². The molecular formula is C21H20FN3O3S. The van der Waals surface area contributed by atoms with Crippen LogP contribution in [0.2, 0.25) is 0 Å². The molecule has 8 heteroatoms. The molecule has 0 unspecified atom stereocenters.